The Kier molecular flexibility index (Phi) is 7.93. The molecule has 2 atom stereocenters. The number of amides is 1. The first-order valence-corrected chi connectivity index (χ1v) is 10.9. The molecule has 28 heavy (non-hydrogen) atoms. The number of guanidine groups is 1. The lowest BCUT2D eigenvalue weighted by atomic mass is 10.2. The first-order valence-electron chi connectivity index (χ1n) is 10.9. The standard InChI is InChI=1S/C20H38N6O2/c1-4-23-7-9-24(10-8-23)17(2)16-22-20(21-3)26-13-11-25(12-14-26)19(27)18-6-5-15-28-18/h17-18H,4-16H2,1-3H3,(H,21,22). The van der Waals surface area contributed by atoms with Crippen molar-refractivity contribution in [2.45, 2.75) is 38.8 Å². The van der Waals surface area contributed by atoms with Gasteiger partial charge < -0.3 is 24.8 Å². The fourth-order valence-corrected chi connectivity index (χ4v) is 4.34. The average molecular weight is 395 g/mol. The van der Waals surface area contributed by atoms with E-state index in [4.69, 9.17) is 4.74 Å². The molecule has 0 bridgehead atoms. The van der Waals surface area contributed by atoms with Crippen LogP contribution in [0.25, 0.3) is 0 Å². The number of likely N-dealkylation sites (N-methyl/N-ethyl adjacent to an activating group) is 1. The van der Waals surface area contributed by atoms with E-state index in [0.29, 0.717) is 6.04 Å². The maximum Gasteiger partial charge on any atom is 0.251 e. The number of carbonyl (C=O) groups is 1. The molecule has 160 valence electrons. The van der Waals surface area contributed by atoms with Crippen molar-refractivity contribution in [3.05, 3.63) is 0 Å². The summed E-state index contributed by atoms with van der Waals surface area (Å²) in [5, 5.41) is 3.55. The number of aliphatic imine (C=N–C) groups is 1. The van der Waals surface area contributed by atoms with Crippen LogP contribution in [0.3, 0.4) is 0 Å². The highest BCUT2D eigenvalue weighted by Crippen LogP contribution is 2.16. The fourth-order valence-electron chi connectivity index (χ4n) is 4.34. The lowest BCUT2D eigenvalue weighted by molar-refractivity contribution is -0.142. The molecular weight excluding hydrogens is 356 g/mol. The van der Waals surface area contributed by atoms with E-state index in [1.54, 1.807) is 0 Å². The minimum Gasteiger partial charge on any atom is -0.368 e. The number of hydrogen-bond acceptors (Lipinski definition) is 5. The van der Waals surface area contributed by atoms with E-state index < -0.39 is 0 Å². The summed E-state index contributed by atoms with van der Waals surface area (Å²) in [6.45, 7) is 15.0. The summed E-state index contributed by atoms with van der Waals surface area (Å²) in [6.07, 6.45) is 1.66. The summed E-state index contributed by atoms with van der Waals surface area (Å²) in [5.41, 5.74) is 0. The van der Waals surface area contributed by atoms with Crippen molar-refractivity contribution in [3.63, 3.8) is 0 Å². The zero-order valence-corrected chi connectivity index (χ0v) is 17.9. The summed E-state index contributed by atoms with van der Waals surface area (Å²) in [6, 6.07) is 0.484. The Hall–Kier alpha value is -1.38. The third-order valence-electron chi connectivity index (χ3n) is 6.34. The molecule has 8 nitrogen and oxygen atoms in total. The number of rotatable bonds is 5. The highest BCUT2D eigenvalue weighted by Gasteiger charge is 2.31. The van der Waals surface area contributed by atoms with Crippen LogP contribution >= 0.6 is 0 Å². The Morgan fingerprint density at radius 3 is 2.36 bits per heavy atom. The second-order valence-corrected chi connectivity index (χ2v) is 8.06. The molecule has 8 heteroatoms. The number of nitrogens with one attached hydrogen (secondary N) is 1. The molecule has 3 fully saturated rings. The van der Waals surface area contributed by atoms with Gasteiger partial charge in [0.2, 0.25) is 0 Å². The average Bonchev–Trinajstić information content (AvgIpc) is 3.29. The smallest absolute Gasteiger partial charge is 0.251 e. The van der Waals surface area contributed by atoms with Gasteiger partial charge >= 0.3 is 0 Å². The number of hydrogen-bond donors (Lipinski definition) is 1. The molecule has 0 aliphatic carbocycles. The van der Waals surface area contributed by atoms with Crippen molar-refractivity contribution in [3.8, 4) is 0 Å². The summed E-state index contributed by atoms with van der Waals surface area (Å²) >= 11 is 0. The monoisotopic (exact) mass is 394 g/mol. The number of carbonyl (C=O) groups excluding carboxylic acids is 1. The summed E-state index contributed by atoms with van der Waals surface area (Å²) < 4.78 is 5.55. The van der Waals surface area contributed by atoms with Crippen molar-refractivity contribution in [1.29, 1.82) is 0 Å². The quantitative estimate of drug-likeness (QED) is 0.520. The molecular formula is C20H38N6O2. The Morgan fingerprint density at radius 2 is 1.79 bits per heavy atom. The lowest BCUT2D eigenvalue weighted by Gasteiger charge is -2.39. The van der Waals surface area contributed by atoms with E-state index in [2.05, 4.69) is 38.9 Å². The molecule has 0 aromatic rings. The van der Waals surface area contributed by atoms with Crippen LogP contribution in [0.15, 0.2) is 4.99 Å². The third-order valence-corrected chi connectivity index (χ3v) is 6.34. The van der Waals surface area contributed by atoms with Gasteiger partial charge in [-0.25, -0.2) is 0 Å². The van der Waals surface area contributed by atoms with Gasteiger partial charge in [0.1, 0.15) is 6.10 Å². The Bertz CT molecular complexity index is 521. The molecule has 0 saturated carbocycles. The molecule has 3 aliphatic heterocycles. The van der Waals surface area contributed by atoms with E-state index in [-0.39, 0.29) is 12.0 Å². The van der Waals surface area contributed by atoms with Gasteiger partial charge in [0.05, 0.1) is 0 Å². The van der Waals surface area contributed by atoms with Gasteiger partial charge in [0.25, 0.3) is 5.91 Å². The van der Waals surface area contributed by atoms with Crippen LogP contribution < -0.4 is 5.32 Å². The predicted octanol–water partition coefficient (Wildman–Crippen LogP) is -0.0890. The molecule has 0 aromatic heterocycles. The third kappa shape index (κ3) is 5.36. The molecule has 3 heterocycles. The molecule has 2 unspecified atom stereocenters. The maximum absolute atomic E-state index is 12.5. The van der Waals surface area contributed by atoms with E-state index in [1.807, 2.05) is 11.9 Å². The Labute approximate surface area is 169 Å². The zero-order valence-electron chi connectivity index (χ0n) is 17.9. The van der Waals surface area contributed by atoms with Gasteiger partial charge in [0, 0.05) is 78.6 Å². The van der Waals surface area contributed by atoms with Crippen LogP contribution in [0.4, 0.5) is 0 Å². The van der Waals surface area contributed by atoms with Gasteiger partial charge in [-0.05, 0) is 26.3 Å². The summed E-state index contributed by atoms with van der Waals surface area (Å²) in [7, 11) is 1.84. The molecule has 0 spiro atoms. The highest BCUT2D eigenvalue weighted by molar-refractivity contribution is 5.82. The molecule has 0 radical (unpaired) electrons. The first kappa shape index (κ1) is 21.3. The SMILES string of the molecule is CCN1CCN(C(C)CNC(=NC)N2CCN(C(=O)C3CCCO3)CC2)CC1. The normalized spacial score (nSPS) is 26.5. The van der Waals surface area contributed by atoms with Gasteiger partial charge in [-0.1, -0.05) is 6.92 Å². The second-order valence-electron chi connectivity index (χ2n) is 8.06. The van der Waals surface area contributed by atoms with Crippen molar-refractivity contribution in [2.24, 2.45) is 4.99 Å². The highest BCUT2D eigenvalue weighted by atomic mass is 16.5. The second kappa shape index (κ2) is 10.4. The van der Waals surface area contributed by atoms with Crippen molar-refractivity contribution in [2.75, 3.05) is 79.1 Å². The van der Waals surface area contributed by atoms with Crippen LogP contribution in [0.1, 0.15) is 26.7 Å². The van der Waals surface area contributed by atoms with Crippen LogP contribution in [-0.4, -0.2) is 123 Å². The van der Waals surface area contributed by atoms with Crippen molar-refractivity contribution in [1.82, 2.24) is 24.9 Å². The number of nitrogens with zero attached hydrogens (tertiary/aromatic N) is 5. The fraction of sp³-hybridized carbons (Fsp3) is 0.900. The summed E-state index contributed by atoms with van der Waals surface area (Å²) in [5.74, 6) is 1.11. The number of piperazine rings is 2. The van der Waals surface area contributed by atoms with E-state index in [1.165, 1.54) is 0 Å². The molecule has 3 aliphatic rings. The van der Waals surface area contributed by atoms with Crippen LogP contribution in [-0.2, 0) is 9.53 Å². The van der Waals surface area contributed by atoms with Gasteiger partial charge in [0.15, 0.2) is 5.96 Å². The minimum atomic E-state index is -0.210. The van der Waals surface area contributed by atoms with Crippen LogP contribution in [0.2, 0.25) is 0 Å². The molecule has 1 N–H and O–H groups in total. The molecule has 0 aromatic carbocycles. The van der Waals surface area contributed by atoms with Crippen molar-refractivity contribution < 1.29 is 9.53 Å². The van der Waals surface area contributed by atoms with Gasteiger partial charge in [-0.15, -0.1) is 0 Å². The van der Waals surface area contributed by atoms with E-state index in [0.717, 1.165) is 90.9 Å². The van der Waals surface area contributed by atoms with E-state index >= 15 is 0 Å². The van der Waals surface area contributed by atoms with Gasteiger partial charge in [-0.3, -0.25) is 14.7 Å². The topological polar surface area (TPSA) is 63.7 Å². The molecule has 3 saturated heterocycles. The minimum absolute atomic E-state index is 0.167. The van der Waals surface area contributed by atoms with Crippen LogP contribution in [0, 0.1) is 0 Å². The Balaban J connectivity index is 1.40. The first-order chi connectivity index (χ1) is 13.6. The maximum atomic E-state index is 12.5. The van der Waals surface area contributed by atoms with Crippen LogP contribution in [0.5, 0.6) is 0 Å². The zero-order chi connectivity index (χ0) is 19.9. The molecule has 1 amide bonds. The lowest BCUT2D eigenvalue weighted by Crippen LogP contribution is -2.57. The predicted molar refractivity (Wildman–Crippen MR) is 112 cm³/mol. The van der Waals surface area contributed by atoms with E-state index in [9.17, 15) is 4.79 Å². The largest absolute Gasteiger partial charge is 0.368 e. The Morgan fingerprint density at radius 1 is 1.11 bits per heavy atom. The van der Waals surface area contributed by atoms with Gasteiger partial charge in [-0.2, -0.15) is 0 Å². The number of ether oxygens (including phenoxy) is 1. The van der Waals surface area contributed by atoms with Crippen molar-refractivity contribution >= 4 is 11.9 Å². The summed E-state index contributed by atoms with van der Waals surface area (Å²) in [4.78, 5) is 26.3. The molecule has 3 rings (SSSR count).